The van der Waals surface area contributed by atoms with Crippen LogP contribution in [0.15, 0.2) is 23.1 Å². The van der Waals surface area contributed by atoms with Crippen molar-refractivity contribution in [1.29, 1.82) is 0 Å². The van der Waals surface area contributed by atoms with Gasteiger partial charge in [0.05, 0.1) is 9.82 Å². The lowest BCUT2D eigenvalue weighted by atomic mass is 9.86. The summed E-state index contributed by atoms with van der Waals surface area (Å²) < 4.78 is 31.8. The van der Waals surface area contributed by atoms with E-state index in [1.165, 1.54) is 16.4 Å². The summed E-state index contributed by atoms with van der Waals surface area (Å²) in [6, 6.07) is 3.54. The van der Waals surface area contributed by atoms with Gasteiger partial charge in [-0.05, 0) is 30.9 Å². The first-order chi connectivity index (χ1) is 13.7. The van der Waals surface area contributed by atoms with E-state index >= 15 is 0 Å². The number of nitrogens with one attached hydrogen (secondary N) is 1. The lowest BCUT2D eigenvalue weighted by molar-refractivity contribution is -0.386. The van der Waals surface area contributed by atoms with Gasteiger partial charge in [0.15, 0.2) is 12.4 Å². The number of hydrogen-bond acceptors (Lipinski definition) is 6. The molecule has 10 heteroatoms. The van der Waals surface area contributed by atoms with Crippen molar-refractivity contribution in [3.8, 4) is 5.75 Å². The van der Waals surface area contributed by atoms with Gasteiger partial charge in [-0.2, -0.15) is 4.31 Å². The lowest BCUT2D eigenvalue weighted by Gasteiger charge is -2.29. The number of rotatable bonds is 9. The van der Waals surface area contributed by atoms with Crippen LogP contribution < -0.4 is 10.1 Å². The van der Waals surface area contributed by atoms with Gasteiger partial charge < -0.3 is 10.1 Å². The fourth-order valence-corrected chi connectivity index (χ4v) is 5.04. The van der Waals surface area contributed by atoms with Crippen molar-refractivity contribution < 1.29 is 22.9 Å². The number of sulfonamides is 1. The number of nitrogens with zero attached hydrogens (tertiary/aromatic N) is 2. The number of ether oxygens (including phenoxy) is 1. The van der Waals surface area contributed by atoms with Crippen LogP contribution in [0.5, 0.6) is 5.75 Å². The minimum absolute atomic E-state index is 0.0800. The highest BCUT2D eigenvalue weighted by Gasteiger charge is 2.27. The number of hydrogen-bond donors (Lipinski definition) is 1. The normalized spacial score (nSPS) is 19.7. The highest BCUT2D eigenvalue weighted by Crippen LogP contribution is 2.31. The molecular weight excluding hydrogens is 398 g/mol. The second kappa shape index (κ2) is 10.0. The zero-order valence-corrected chi connectivity index (χ0v) is 17.9. The predicted molar refractivity (Wildman–Crippen MR) is 108 cm³/mol. The third kappa shape index (κ3) is 5.66. The summed E-state index contributed by atoms with van der Waals surface area (Å²) in [7, 11) is -3.84. The Hall–Kier alpha value is -2.20. The molecule has 1 aliphatic rings. The maximum atomic E-state index is 12.6. The zero-order chi connectivity index (χ0) is 21.6. The Morgan fingerprint density at radius 3 is 2.52 bits per heavy atom. The molecule has 1 aliphatic carbocycles. The SMILES string of the molecule is CCN(CC)S(=O)(=O)c1ccc(OCC(=O)N[C@@H]2CCCC[C@H]2C)c([N+](=O)[O-])c1. The van der Waals surface area contributed by atoms with Crippen LogP contribution >= 0.6 is 0 Å². The fourth-order valence-electron chi connectivity index (χ4n) is 3.56. The minimum atomic E-state index is -3.84. The van der Waals surface area contributed by atoms with Crippen LogP contribution in [0.1, 0.15) is 46.5 Å². The van der Waals surface area contributed by atoms with E-state index < -0.39 is 20.6 Å². The Morgan fingerprint density at radius 2 is 1.93 bits per heavy atom. The highest BCUT2D eigenvalue weighted by atomic mass is 32.2. The molecule has 0 spiro atoms. The molecule has 0 unspecified atom stereocenters. The van der Waals surface area contributed by atoms with E-state index in [-0.39, 0.29) is 42.3 Å². The first-order valence-electron chi connectivity index (χ1n) is 9.91. The summed E-state index contributed by atoms with van der Waals surface area (Å²) in [4.78, 5) is 22.7. The van der Waals surface area contributed by atoms with Gasteiger partial charge >= 0.3 is 5.69 Å². The Labute approximate surface area is 171 Å². The molecule has 2 rings (SSSR count). The van der Waals surface area contributed by atoms with Crippen molar-refractivity contribution in [3.05, 3.63) is 28.3 Å². The zero-order valence-electron chi connectivity index (χ0n) is 17.1. The van der Waals surface area contributed by atoms with E-state index in [2.05, 4.69) is 12.2 Å². The molecule has 1 saturated carbocycles. The molecule has 1 amide bonds. The maximum absolute atomic E-state index is 12.6. The molecule has 1 fully saturated rings. The van der Waals surface area contributed by atoms with E-state index in [0.29, 0.717) is 5.92 Å². The van der Waals surface area contributed by atoms with Gasteiger partial charge in [0, 0.05) is 25.2 Å². The van der Waals surface area contributed by atoms with E-state index in [0.717, 1.165) is 31.7 Å². The first-order valence-corrected chi connectivity index (χ1v) is 11.3. The summed E-state index contributed by atoms with van der Waals surface area (Å²) in [5.74, 6) is -0.107. The van der Waals surface area contributed by atoms with E-state index in [1.54, 1.807) is 13.8 Å². The van der Waals surface area contributed by atoms with Crippen LogP contribution in [0.4, 0.5) is 5.69 Å². The topological polar surface area (TPSA) is 119 Å². The molecule has 0 saturated heterocycles. The van der Waals surface area contributed by atoms with Crippen LogP contribution in [-0.2, 0) is 14.8 Å². The fraction of sp³-hybridized carbons (Fsp3) is 0.632. The predicted octanol–water partition coefficient (Wildman–Crippen LogP) is 2.70. The molecule has 29 heavy (non-hydrogen) atoms. The van der Waals surface area contributed by atoms with Gasteiger partial charge in [0.1, 0.15) is 0 Å². The molecule has 9 nitrogen and oxygen atoms in total. The molecule has 0 bridgehead atoms. The van der Waals surface area contributed by atoms with Gasteiger partial charge in [-0.1, -0.05) is 33.6 Å². The monoisotopic (exact) mass is 427 g/mol. The van der Waals surface area contributed by atoms with Crippen molar-refractivity contribution in [3.63, 3.8) is 0 Å². The standard InChI is InChI=1S/C19H29N3O6S/c1-4-21(5-2)29(26,27)15-10-11-18(17(12-15)22(24)25)28-13-19(23)20-16-9-7-6-8-14(16)3/h10-12,14,16H,4-9,13H2,1-3H3,(H,20,23)/t14-,16-/m1/s1. The van der Waals surface area contributed by atoms with E-state index in [4.69, 9.17) is 4.74 Å². The average Bonchev–Trinajstić information content (AvgIpc) is 2.68. The number of nitro groups is 1. The number of amides is 1. The van der Waals surface area contributed by atoms with Crippen molar-refractivity contribution >= 4 is 21.6 Å². The van der Waals surface area contributed by atoms with Gasteiger partial charge in [0.25, 0.3) is 5.91 Å². The molecule has 0 aromatic heterocycles. The third-order valence-electron chi connectivity index (χ3n) is 5.29. The largest absolute Gasteiger partial charge is 0.477 e. The van der Waals surface area contributed by atoms with Crippen molar-refractivity contribution in [2.75, 3.05) is 19.7 Å². The average molecular weight is 428 g/mol. The molecule has 0 radical (unpaired) electrons. The number of carbonyl (C=O) groups is 1. The second-order valence-electron chi connectivity index (χ2n) is 7.20. The smallest absolute Gasteiger partial charge is 0.312 e. The van der Waals surface area contributed by atoms with Crippen LogP contribution in [0, 0.1) is 16.0 Å². The molecular formula is C19H29N3O6S. The van der Waals surface area contributed by atoms with Gasteiger partial charge in [0.2, 0.25) is 10.0 Å². The summed E-state index contributed by atoms with van der Waals surface area (Å²) in [6.45, 7) is 5.61. The van der Waals surface area contributed by atoms with Crippen molar-refractivity contribution in [1.82, 2.24) is 9.62 Å². The summed E-state index contributed by atoms with van der Waals surface area (Å²) >= 11 is 0. The lowest BCUT2D eigenvalue weighted by Crippen LogP contribution is -2.43. The third-order valence-corrected chi connectivity index (χ3v) is 7.33. The Morgan fingerprint density at radius 1 is 1.28 bits per heavy atom. The number of carbonyl (C=O) groups excluding carboxylic acids is 1. The Bertz CT molecular complexity index is 838. The van der Waals surface area contributed by atoms with E-state index in [1.807, 2.05) is 0 Å². The van der Waals surface area contributed by atoms with Crippen molar-refractivity contribution in [2.24, 2.45) is 5.92 Å². The minimum Gasteiger partial charge on any atom is -0.477 e. The highest BCUT2D eigenvalue weighted by molar-refractivity contribution is 7.89. The molecule has 1 aromatic carbocycles. The molecule has 1 aromatic rings. The maximum Gasteiger partial charge on any atom is 0.312 e. The number of benzene rings is 1. The summed E-state index contributed by atoms with van der Waals surface area (Å²) in [5.41, 5.74) is -0.489. The Kier molecular flexibility index (Phi) is 7.97. The van der Waals surface area contributed by atoms with Gasteiger partial charge in [-0.25, -0.2) is 8.42 Å². The molecule has 162 valence electrons. The van der Waals surface area contributed by atoms with Crippen LogP contribution in [0.25, 0.3) is 0 Å². The van der Waals surface area contributed by atoms with Gasteiger partial charge in [-0.15, -0.1) is 0 Å². The molecule has 0 aliphatic heterocycles. The molecule has 0 heterocycles. The first kappa shape index (κ1) is 23.1. The van der Waals surface area contributed by atoms with Crippen LogP contribution in [-0.4, -0.2) is 49.3 Å². The van der Waals surface area contributed by atoms with Crippen LogP contribution in [0.2, 0.25) is 0 Å². The van der Waals surface area contributed by atoms with Crippen LogP contribution in [0.3, 0.4) is 0 Å². The van der Waals surface area contributed by atoms with Gasteiger partial charge in [-0.3, -0.25) is 14.9 Å². The summed E-state index contributed by atoms with van der Waals surface area (Å²) in [5, 5.41) is 14.3. The Balaban J connectivity index is 2.13. The molecule has 1 N–H and O–H groups in total. The quantitative estimate of drug-likeness (QED) is 0.478. The molecule has 2 atom stereocenters. The second-order valence-corrected chi connectivity index (χ2v) is 9.14. The number of nitro benzene ring substituents is 1. The summed E-state index contributed by atoms with van der Waals surface area (Å²) in [6.07, 6.45) is 4.17. The van der Waals surface area contributed by atoms with Crippen molar-refractivity contribution in [2.45, 2.75) is 57.4 Å². The van der Waals surface area contributed by atoms with E-state index in [9.17, 15) is 23.3 Å².